The van der Waals surface area contributed by atoms with Gasteiger partial charge in [0.1, 0.15) is 0 Å². The minimum atomic E-state index is -0.00131. The average Bonchev–Trinajstić information content (AvgIpc) is 2.93. The first-order valence-corrected chi connectivity index (χ1v) is 6.91. The second kappa shape index (κ2) is 6.68. The highest BCUT2D eigenvalue weighted by Crippen LogP contribution is 2.16. The zero-order chi connectivity index (χ0) is 13.7. The van der Waals surface area contributed by atoms with Gasteiger partial charge in [0.25, 0.3) is 0 Å². The molecule has 104 valence electrons. The van der Waals surface area contributed by atoms with Crippen molar-refractivity contribution in [1.29, 1.82) is 0 Å². The summed E-state index contributed by atoms with van der Waals surface area (Å²) in [6, 6.07) is 10.5. The van der Waals surface area contributed by atoms with Gasteiger partial charge in [0, 0.05) is 6.54 Å². The maximum absolute atomic E-state index is 12.0. The number of carbonyl (C=O) groups excluding carboxylic acids is 1. The molecule has 1 aromatic rings. The van der Waals surface area contributed by atoms with E-state index in [1.165, 1.54) is 5.56 Å². The monoisotopic (exact) mass is 261 g/mol. The average molecular weight is 261 g/mol. The summed E-state index contributed by atoms with van der Waals surface area (Å²) in [4.78, 5) is 14.1. The number of nitrogens with one attached hydrogen (secondary N) is 2. The van der Waals surface area contributed by atoms with E-state index in [9.17, 15) is 4.79 Å². The number of hydrogen-bond acceptors (Lipinski definition) is 3. The fraction of sp³-hybridized carbons (Fsp3) is 0.533. The summed E-state index contributed by atoms with van der Waals surface area (Å²) in [6.45, 7) is 1.60. The number of nitrogens with zero attached hydrogens (tertiary/aromatic N) is 1. The highest BCUT2D eigenvalue weighted by molar-refractivity contribution is 5.82. The molecule has 0 spiro atoms. The summed E-state index contributed by atoms with van der Waals surface area (Å²) in [5.41, 5.74) is 1.23. The van der Waals surface area contributed by atoms with Crippen LogP contribution in [-0.4, -0.2) is 44.0 Å². The third-order valence-corrected chi connectivity index (χ3v) is 3.65. The van der Waals surface area contributed by atoms with Crippen LogP contribution in [-0.2, 0) is 4.79 Å². The number of rotatable bonds is 5. The second-order valence-electron chi connectivity index (χ2n) is 5.28. The SMILES string of the molecule is CN(C)C(CNC(=O)[C@H]1CCCN1)c1ccccc1. The number of likely N-dealkylation sites (N-methyl/N-ethyl adjacent to an activating group) is 1. The van der Waals surface area contributed by atoms with Crippen molar-refractivity contribution >= 4 is 5.91 Å². The van der Waals surface area contributed by atoms with Gasteiger partial charge in [-0.15, -0.1) is 0 Å². The lowest BCUT2D eigenvalue weighted by atomic mass is 10.1. The Morgan fingerprint density at radius 2 is 2.16 bits per heavy atom. The van der Waals surface area contributed by atoms with Crippen molar-refractivity contribution < 1.29 is 4.79 Å². The molecule has 0 radical (unpaired) electrons. The molecule has 1 amide bonds. The van der Waals surface area contributed by atoms with Crippen LogP contribution in [0.4, 0.5) is 0 Å². The Bertz CT molecular complexity index is 399. The van der Waals surface area contributed by atoms with Gasteiger partial charge in [0.05, 0.1) is 12.1 Å². The van der Waals surface area contributed by atoms with E-state index in [0.29, 0.717) is 6.54 Å². The van der Waals surface area contributed by atoms with Crippen LogP contribution >= 0.6 is 0 Å². The molecule has 4 heteroatoms. The molecule has 2 N–H and O–H groups in total. The van der Waals surface area contributed by atoms with Gasteiger partial charge in [-0.25, -0.2) is 0 Å². The van der Waals surface area contributed by atoms with Crippen LogP contribution in [0.3, 0.4) is 0 Å². The third kappa shape index (κ3) is 3.78. The second-order valence-corrected chi connectivity index (χ2v) is 5.28. The quantitative estimate of drug-likeness (QED) is 0.836. The Morgan fingerprint density at radius 1 is 1.42 bits per heavy atom. The normalized spacial score (nSPS) is 20.5. The molecular formula is C15H23N3O. The van der Waals surface area contributed by atoms with Crippen molar-refractivity contribution in [3.05, 3.63) is 35.9 Å². The van der Waals surface area contributed by atoms with Gasteiger partial charge in [0.2, 0.25) is 5.91 Å². The van der Waals surface area contributed by atoms with Gasteiger partial charge in [0.15, 0.2) is 0 Å². The molecule has 1 unspecified atom stereocenters. The van der Waals surface area contributed by atoms with Crippen LogP contribution in [0.2, 0.25) is 0 Å². The largest absolute Gasteiger partial charge is 0.353 e. The summed E-state index contributed by atoms with van der Waals surface area (Å²) in [7, 11) is 4.08. The molecule has 0 bridgehead atoms. The first-order valence-electron chi connectivity index (χ1n) is 6.91. The summed E-state index contributed by atoms with van der Waals surface area (Å²) in [5.74, 6) is 0.125. The number of benzene rings is 1. The van der Waals surface area contributed by atoms with E-state index in [0.717, 1.165) is 19.4 Å². The van der Waals surface area contributed by atoms with Crippen molar-refractivity contribution in [2.75, 3.05) is 27.2 Å². The molecule has 2 rings (SSSR count). The van der Waals surface area contributed by atoms with Crippen LogP contribution in [0.5, 0.6) is 0 Å². The standard InChI is InChI=1S/C15H23N3O/c1-18(2)14(12-7-4-3-5-8-12)11-17-15(19)13-9-6-10-16-13/h3-5,7-8,13-14,16H,6,9-11H2,1-2H3,(H,17,19)/t13-,14?/m1/s1. The fourth-order valence-corrected chi connectivity index (χ4v) is 2.50. The Balaban J connectivity index is 1.92. The molecule has 19 heavy (non-hydrogen) atoms. The molecular weight excluding hydrogens is 238 g/mol. The van der Waals surface area contributed by atoms with Crippen molar-refractivity contribution in [2.45, 2.75) is 24.9 Å². The zero-order valence-corrected chi connectivity index (χ0v) is 11.7. The van der Waals surface area contributed by atoms with Gasteiger partial charge >= 0.3 is 0 Å². The molecule has 1 fully saturated rings. The number of hydrogen-bond donors (Lipinski definition) is 2. The van der Waals surface area contributed by atoms with Gasteiger partial charge in [-0.05, 0) is 39.0 Å². The summed E-state index contributed by atoms with van der Waals surface area (Å²) >= 11 is 0. The van der Waals surface area contributed by atoms with Crippen molar-refractivity contribution in [3.8, 4) is 0 Å². The molecule has 1 aromatic carbocycles. The molecule has 2 atom stereocenters. The molecule has 1 aliphatic rings. The molecule has 1 aliphatic heterocycles. The van der Waals surface area contributed by atoms with E-state index in [2.05, 4.69) is 27.7 Å². The first-order chi connectivity index (χ1) is 9.18. The van der Waals surface area contributed by atoms with Crippen LogP contribution < -0.4 is 10.6 Å². The third-order valence-electron chi connectivity index (χ3n) is 3.65. The summed E-state index contributed by atoms with van der Waals surface area (Å²) in [6.07, 6.45) is 2.04. The predicted octanol–water partition coefficient (Wildman–Crippen LogP) is 1.16. The predicted molar refractivity (Wildman–Crippen MR) is 76.9 cm³/mol. The van der Waals surface area contributed by atoms with E-state index >= 15 is 0 Å². The first kappa shape index (κ1) is 14.0. The number of carbonyl (C=O) groups is 1. The van der Waals surface area contributed by atoms with Gasteiger partial charge in [-0.2, -0.15) is 0 Å². The van der Waals surface area contributed by atoms with E-state index in [4.69, 9.17) is 0 Å². The lowest BCUT2D eigenvalue weighted by Gasteiger charge is -2.25. The van der Waals surface area contributed by atoms with E-state index < -0.39 is 0 Å². The highest BCUT2D eigenvalue weighted by Gasteiger charge is 2.23. The number of amides is 1. The molecule has 4 nitrogen and oxygen atoms in total. The maximum Gasteiger partial charge on any atom is 0.237 e. The lowest BCUT2D eigenvalue weighted by molar-refractivity contribution is -0.123. The Kier molecular flexibility index (Phi) is 4.93. The molecule has 1 heterocycles. The Morgan fingerprint density at radius 3 is 2.74 bits per heavy atom. The Labute approximate surface area is 115 Å². The van der Waals surface area contributed by atoms with Crippen molar-refractivity contribution in [3.63, 3.8) is 0 Å². The van der Waals surface area contributed by atoms with E-state index in [1.807, 2.05) is 32.3 Å². The molecule has 0 aromatic heterocycles. The summed E-state index contributed by atoms with van der Waals surface area (Å²) < 4.78 is 0. The molecule has 1 saturated heterocycles. The van der Waals surface area contributed by atoms with E-state index in [-0.39, 0.29) is 18.0 Å². The maximum atomic E-state index is 12.0. The van der Waals surface area contributed by atoms with Crippen molar-refractivity contribution in [2.24, 2.45) is 0 Å². The van der Waals surface area contributed by atoms with Crippen LogP contribution in [0.25, 0.3) is 0 Å². The minimum absolute atomic E-state index is 0.00131. The highest BCUT2D eigenvalue weighted by atomic mass is 16.2. The Hall–Kier alpha value is -1.39. The van der Waals surface area contributed by atoms with Crippen LogP contribution in [0.15, 0.2) is 30.3 Å². The van der Waals surface area contributed by atoms with Gasteiger partial charge in [-0.3, -0.25) is 4.79 Å². The minimum Gasteiger partial charge on any atom is -0.353 e. The van der Waals surface area contributed by atoms with Crippen molar-refractivity contribution in [1.82, 2.24) is 15.5 Å². The molecule has 0 saturated carbocycles. The molecule has 0 aliphatic carbocycles. The smallest absolute Gasteiger partial charge is 0.237 e. The topological polar surface area (TPSA) is 44.4 Å². The van der Waals surface area contributed by atoms with Crippen LogP contribution in [0.1, 0.15) is 24.4 Å². The van der Waals surface area contributed by atoms with Gasteiger partial charge in [-0.1, -0.05) is 30.3 Å². The van der Waals surface area contributed by atoms with Crippen LogP contribution in [0, 0.1) is 0 Å². The van der Waals surface area contributed by atoms with Gasteiger partial charge < -0.3 is 15.5 Å². The fourth-order valence-electron chi connectivity index (χ4n) is 2.50. The van der Waals surface area contributed by atoms with E-state index in [1.54, 1.807) is 0 Å². The lowest BCUT2D eigenvalue weighted by Crippen LogP contribution is -2.43. The zero-order valence-electron chi connectivity index (χ0n) is 11.7. The summed E-state index contributed by atoms with van der Waals surface area (Å²) in [5, 5.41) is 6.28.